The number of benzene rings is 3. The van der Waals surface area contributed by atoms with Crippen molar-refractivity contribution in [2.45, 2.75) is 30.8 Å². The standard InChI is InChI=1S/C28H26ClN5O2S/c1-17-7-9-20(10-8-17)25-24(26(35)31-22-11-13-23(36-3)14-12-22)18(2)30-27-32-28(33-34(25)27)37-16-19-5-4-6-21(29)15-19/h4-15,25H,16H2,1-3H3,(H,31,35)(H,30,32,33)/t25-/m1/s1. The van der Waals surface area contributed by atoms with Crippen LogP contribution in [0.1, 0.15) is 29.7 Å². The molecule has 0 bridgehead atoms. The van der Waals surface area contributed by atoms with Crippen LogP contribution in [-0.4, -0.2) is 27.8 Å². The number of hydrogen-bond acceptors (Lipinski definition) is 6. The average molecular weight is 532 g/mol. The first-order valence-corrected chi connectivity index (χ1v) is 13.1. The summed E-state index contributed by atoms with van der Waals surface area (Å²) in [4.78, 5) is 18.3. The number of hydrogen-bond donors (Lipinski definition) is 2. The lowest BCUT2D eigenvalue weighted by atomic mass is 9.94. The summed E-state index contributed by atoms with van der Waals surface area (Å²) in [6, 6.07) is 22.7. The third kappa shape index (κ3) is 5.50. The van der Waals surface area contributed by atoms with Gasteiger partial charge in [0.2, 0.25) is 11.1 Å². The minimum Gasteiger partial charge on any atom is -0.497 e. The van der Waals surface area contributed by atoms with Crippen molar-refractivity contribution < 1.29 is 9.53 Å². The summed E-state index contributed by atoms with van der Waals surface area (Å²) in [5, 5.41) is 12.4. The molecule has 9 heteroatoms. The van der Waals surface area contributed by atoms with Crippen molar-refractivity contribution in [1.29, 1.82) is 0 Å². The molecule has 0 unspecified atom stereocenters. The van der Waals surface area contributed by atoms with Gasteiger partial charge in [0.05, 0.1) is 12.7 Å². The summed E-state index contributed by atoms with van der Waals surface area (Å²) in [5.74, 6) is 1.78. The lowest BCUT2D eigenvalue weighted by molar-refractivity contribution is -0.113. The molecule has 4 aromatic rings. The van der Waals surface area contributed by atoms with Crippen LogP contribution in [0.2, 0.25) is 5.02 Å². The van der Waals surface area contributed by atoms with Crippen LogP contribution < -0.4 is 15.4 Å². The molecule has 5 rings (SSSR count). The van der Waals surface area contributed by atoms with E-state index in [9.17, 15) is 4.79 Å². The number of carbonyl (C=O) groups is 1. The highest BCUT2D eigenvalue weighted by Gasteiger charge is 2.34. The number of allylic oxidation sites excluding steroid dienone is 1. The molecule has 1 aliphatic rings. The second-order valence-corrected chi connectivity index (χ2v) is 10.1. The van der Waals surface area contributed by atoms with Crippen LogP contribution in [0, 0.1) is 6.92 Å². The van der Waals surface area contributed by atoms with E-state index >= 15 is 0 Å². The van der Waals surface area contributed by atoms with Crippen molar-refractivity contribution in [2.24, 2.45) is 0 Å². The van der Waals surface area contributed by atoms with E-state index < -0.39 is 6.04 Å². The number of ether oxygens (including phenoxy) is 1. The van der Waals surface area contributed by atoms with Crippen molar-refractivity contribution in [3.63, 3.8) is 0 Å². The van der Waals surface area contributed by atoms with E-state index in [4.69, 9.17) is 26.4 Å². The first-order valence-electron chi connectivity index (χ1n) is 11.7. The molecule has 0 aliphatic carbocycles. The Morgan fingerprint density at radius 1 is 1.11 bits per heavy atom. The Kier molecular flexibility index (Phi) is 7.21. The highest BCUT2D eigenvalue weighted by Crippen LogP contribution is 2.37. The summed E-state index contributed by atoms with van der Waals surface area (Å²) in [7, 11) is 1.61. The Bertz CT molecular complexity index is 1460. The molecular formula is C28H26ClN5O2S. The SMILES string of the molecule is COc1ccc(NC(=O)C2=C(C)Nc3nc(SCc4cccc(Cl)c4)nn3[C@@H]2c2ccc(C)cc2)cc1. The number of aryl methyl sites for hydroxylation is 1. The molecule has 1 amide bonds. The second-order valence-electron chi connectivity index (χ2n) is 8.74. The highest BCUT2D eigenvalue weighted by molar-refractivity contribution is 7.98. The van der Waals surface area contributed by atoms with E-state index in [0.29, 0.717) is 33.1 Å². The number of carbonyl (C=O) groups excluding carboxylic acids is 1. The normalized spacial score (nSPS) is 14.6. The molecule has 2 N–H and O–H groups in total. The van der Waals surface area contributed by atoms with Crippen LogP contribution in [0.4, 0.5) is 11.6 Å². The third-order valence-electron chi connectivity index (χ3n) is 6.08. The Morgan fingerprint density at radius 2 is 1.86 bits per heavy atom. The van der Waals surface area contributed by atoms with Crippen molar-refractivity contribution in [3.05, 3.63) is 106 Å². The van der Waals surface area contributed by atoms with E-state index in [1.54, 1.807) is 11.8 Å². The van der Waals surface area contributed by atoms with Gasteiger partial charge in [-0.25, -0.2) is 4.68 Å². The Morgan fingerprint density at radius 3 is 2.57 bits per heavy atom. The van der Waals surface area contributed by atoms with Gasteiger partial charge in [-0.3, -0.25) is 4.79 Å². The summed E-state index contributed by atoms with van der Waals surface area (Å²) in [5.41, 5.74) is 5.15. The number of halogens is 1. The van der Waals surface area contributed by atoms with Gasteiger partial charge in [-0.15, -0.1) is 5.10 Å². The fourth-order valence-electron chi connectivity index (χ4n) is 4.19. The van der Waals surface area contributed by atoms with Gasteiger partial charge in [-0.2, -0.15) is 4.98 Å². The van der Waals surface area contributed by atoms with Crippen molar-refractivity contribution in [3.8, 4) is 5.75 Å². The topological polar surface area (TPSA) is 81.1 Å². The zero-order valence-electron chi connectivity index (χ0n) is 20.7. The molecule has 3 aromatic carbocycles. The highest BCUT2D eigenvalue weighted by atomic mass is 35.5. The van der Waals surface area contributed by atoms with Gasteiger partial charge >= 0.3 is 0 Å². The van der Waals surface area contributed by atoms with Crippen molar-refractivity contribution >= 4 is 40.9 Å². The molecule has 188 valence electrons. The van der Waals surface area contributed by atoms with Crippen LogP contribution in [0.5, 0.6) is 5.75 Å². The quantitative estimate of drug-likeness (QED) is 0.266. The lowest BCUT2D eigenvalue weighted by Crippen LogP contribution is -2.31. The predicted molar refractivity (Wildman–Crippen MR) is 148 cm³/mol. The molecule has 1 aromatic heterocycles. The summed E-state index contributed by atoms with van der Waals surface area (Å²) in [6.45, 7) is 3.93. The maximum atomic E-state index is 13.6. The Labute approximate surface area is 224 Å². The zero-order chi connectivity index (χ0) is 25.9. The number of nitrogens with zero attached hydrogens (tertiary/aromatic N) is 3. The van der Waals surface area contributed by atoms with Crippen LogP contribution >= 0.6 is 23.4 Å². The Hall–Kier alpha value is -3.75. The van der Waals surface area contributed by atoms with Crippen molar-refractivity contribution in [2.75, 3.05) is 17.7 Å². The number of nitrogens with one attached hydrogen (secondary N) is 2. The van der Waals surface area contributed by atoms with E-state index in [1.165, 1.54) is 11.8 Å². The van der Waals surface area contributed by atoms with Gasteiger partial charge in [0, 0.05) is 22.2 Å². The first-order chi connectivity index (χ1) is 17.9. The monoisotopic (exact) mass is 531 g/mol. The second kappa shape index (κ2) is 10.7. The molecule has 2 heterocycles. The third-order valence-corrected chi connectivity index (χ3v) is 7.22. The van der Waals surface area contributed by atoms with Crippen molar-refractivity contribution in [1.82, 2.24) is 14.8 Å². The average Bonchev–Trinajstić information content (AvgIpc) is 3.30. The number of anilines is 2. The Balaban J connectivity index is 1.46. The molecule has 37 heavy (non-hydrogen) atoms. The number of aromatic nitrogens is 3. The number of fused-ring (bicyclic) bond motifs is 1. The maximum absolute atomic E-state index is 13.6. The van der Waals surface area contributed by atoms with Gasteiger partial charge in [0.15, 0.2) is 0 Å². The minimum atomic E-state index is -0.442. The molecule has 0 radical (unpaired) electrons. The number of rotatable bonds is 7. The predicted octanol–water partition coefficient (Wildman–Crippen LogP) is 6.47. The number of amides is 1. The van der Waals surface area contributed by atoms with E-state index in [0.717, 1.165) is 28.1 Å². The molecule has 0 saturated carbocycles. The minimum absolute atomic E-state index is 0.213. The van der Waals surface area contributed by atoms with Crippen LogP contribution in [0.15, 0.2) is 89.2 Å². The number of thioether (sulfide) groups is 1. The van der Waals surface area contributed by atoms with Crippen LogP contribution in [0.3, 0.4) is 0 Å². The molecule has 0 spiro atoms. The van der Waals surface area contributed by atoms with Crippen LogP contribution in [0.25, 0.3) is 0 Å². The molecular weight excluding hydrogens is 506 g/mol. The zero-order valence-corrected chi connectivity index (χ0v) is 22.2. The molecule has 0 saturated heterocycles. The molecule has 7 nitrogen and oxygen atoms in total. The fraction of sp³-hybridized carbons (Fsp3) is 0.179. The largest absolute Gasteiger partial charge is 0.497 e. The summed E-state index contributed by atoms with van der Waals surface area (Å²) in [6.07, 6.45) is 0. The van der Waals surface area contributed by atoms with E-state index in [-0.39, 0.29) is 5.91 Å². The fourth-order valence-corrected chi connectivity index (χ4v) is 5.18. The van der Waals surface area contributed by atoms with Crippen LogP contribution in [-0.2, 0) is 10.5 Å². The summed E-state index contributed by atoms with van der Waals surface area (Å²) >= 11 is 7.66. The van der Waals surface area contributed by atoms with E-state index in [2.05, 4.69) is 10.6 Å². The molecule has 1 aliphatic heterocycles. The van der Waals surface area contributed by atoms with Gasteiger partial charge in [-0.05, 0) is 61.4 Å². The number of methoxy groups -OCH3 is 1. The molecule has 0 fully saturated rings. The molecule has 1 atom stereocenters. The van der Waals surface area contributed by atoms with Gasteiger partial charge in [0.1, 0.15) is 11.8 Å². The maximum Gasteiger partial charge on any atom is 0.255 e. The smallest absolute Gasteiger partial charge is 0.255 e. The lowest BCUT2D eigenvalue weighted by Gasteiger charge is -2.28. The van der Waals surface area contributed by atoms with Gasteiger partial charge in [0.25, 0.3) is 5.91 Å². The van der Waals surface area contributed by atoms with Gasteiger partial charge < -0.3 is 15.4 Å². The summed E-state index contributed by atoms with van der Waals surface area (Å²) < 4.78 is 7.02. The van der Waals surface area contributed by atoms with Gasteiger partial charge in [-0.1, -0.05) is 65.3 Å². The van der Waals surface area contributed by atoms with E-state index in [1.807, 2.05) is 86.6 Å². The first kappa shape index (κ1) is 24.9.